The molecule has 0 saturated heterocycles. The van der Waals surface area contributed by atoms with Crippen LogP contribution < -0.4 is 14.2 Å². The number of rotatable bonds is 3. The zero-order chi connectivity index (χ0) is 18.1. The van der Waals surface area contributed by atoms with Crippen molar-refractivity contribution in [3.05, 3.63) is 65.9 Å². The first kappa shape index (κ1) is 16.2. The summed E-state index contributed by atoms with van der Waals surface area (Å²) in [5.41, 5.74) is -0.283. The number of fused-ring (bicyclic) bond motifs is 2. The number of alkyl halides is 3. The van der Waals surface area contributed by atoms with Gasteiger partial charge >= 0.3 is 6.18 Å². The third-order valence-corrected chi connectivity index (χ3v) is 3.62. The maximum absolute atomic E-state index is 12.6. The lowest BCUT2D eigenvalue weighted by Gasteiger charge is -2.19. The Bertz CT molecular complexity index is 943. The average Bonchev–Trinajstić information content (AvgIpc) is 2.64. The number of para-hydroxylation sites is 2. The van der Waals surface area contributed by atoms with Crippen LogP contribution in [0, 0.1) is 0 Å². The summed E-state index contributed by atoms with van der Waals surface area (Å²) in [4.78, 5) is 0. The highest BCUT2D eigenvalue weighted by molar-refractivity contribution is 5.51. The van der Waals surface area contributed by atoms with Gasteiger partial charge < -0.3 is 14.2 Å². The summed E-state index contributed by atoms with van der Waals surface area (Å²) in [6.45, 7) is 0.0245. The number of aromatic nitrogens is 2. The molecule has 26 heavy (non-hydrogen) atoms. The maximum atomic E-state index is 12.6. The summed E-state index contributed by atoms with van der Waals surface area (Å²) in [5, 5.41) is 7.93. The average molecular weight is 360 g/mol. The van der Waals surface area contributed by atoms with E-state index in [2.05, 4.69) is 10.2 Å². The topological polar surface area (TPSA) is 53.5 Å². The van der Waals surface area contributed by atoms with Crippen LogP contribution in [0.1, 0.15) is 11.3 Å². The largest absolute Gasteiger partial charge is 0.487 e. The molecule has 1 aliphatic heterocycles. The van der Waals surface area contributed by atoms with Gasteiger partial charge in [0.1, 0.15) is 18.1 Å². The molecule has 132 valence electrons. The van der Waals surface area contributed by atoms with E-state index in [1.54, 1.807) is 18.2 Å². The monoisotopic (exact) mass is 360 g/mol. The third kappa shape index (κ3) is 3.26. The molecule has 0 aliphatic carbocycles. The molecule has 0 saturated carbocycles. The van der Waals surface area contributed by atoms with Crippen molar-refractivity contribution in [2.45, 2.75) is 12.8 Å². The lowest BCUT2D eigenvalue weighted by Crippen LogP contribution is -2.06. The second-order valence-corrected chi connectivity index (χ2v) is 5.47. The van der Waals surface area contributed by atoms with Gasteiger partial charge in [0.15, 0.2) is 17.2 Å². The fourth-order valence-corrected chi connectivity index (χ4v) is 2.35. The van der Waals surface area contributed by atoms with Gasteiger partial charge in [-0.2, -0.15) is 13.2 Å². The van der Waals surface area contributed by atoms with E-state index >= 15 is 0 Å². The molecule has 0 N–H and O–H groups in total. The molecule has 0 atom stereocenters. The molecular formula is C18H11F3N2O3. The summed E-state index contributed by atoms with van der Waals surface area (Å²) in [5.74, 6) is 2.03. The molecule has 0 bridgehead atoms. The first-order valence-corrected chi connectivity index (χ1v) is 7.60. The molecule has 8 heteroatoms. The van der Waals surface area contributed by atoms with Gasteiger partial charge in [-0.3, -0.25) is 0 Å². The van der Waals surface area contributed by atoms with Crippen LogP contribution in [0.2, 0.25) is 0 Å². The van der Waals surface area contributed by atoms with Crippen molar-refractivity contribution in [3.63, 3.8) is 0 Å². The molecule has 2 heterocycles. The molecule has 0 fully saturated rings. The van der Waals surface area contributed by atoms with E-state index < -0.39 is 11.7 Å². The zero-order valence-electron chi connectivity index (χ0n) is 13.2. The molecule has 5 nitrogen and oxygen atoms in total. The molecule has 4 rings (SSSR count). The molecule has 1 aromatic heterocycles. The SMILES string of the molecule is FC(F)(F)c1ccc(OCc2cc3c(nn2)Oc2ccccc2O3)cc1. The minimum atomic E-state index is -4.38. The van der Waals surface area contributed by atoms with Crippen molar-refractivity contribution >= 4 is 0 Å². The van der Waals surface area contributed by atoms with Crippen LogP contribution in [0.25, 0.3) is 0 Å². The minimum Gasteiger partial charge on any atom is -0.487 e. The highest BCUT2D eigenvalue weighted by Crippen LogP contribution is 2.43. The van der Waals surface area contributed by atoms with Crippen LogP contribution in [0.3, 0.4) is 0 Å². The van der Waals surface area contributed by atoms with Crippen LogP contribution in [-0.4, -0.2) is 10.2 Å². The Labute approximate surface area is 146 Å². The van der Waals surface area contributed by atoms with E-state index in [9.17, 15) is 13.2 Å². The van der Waals surface area contributed by atoms with Crippen LogP contribution >= 0.6 is 0 Å². The summed E-state index contributed by atoms with van der Waals surface area (Å²) < 4.78 is 54.4. The number of halogens is 3. The summed E-state index contributed by atoms with van der Waals surface area (Å²) in [7, 11) is 0. The quantitative estimate of drug-likeness (QED) is 0.516. The van der Waals surface area contributed by atoms with Gasteiger partial charge in [0, 0.05) is 6.07 Å². The van der Waals surface area contributed by atoms with Crippen molar-refractivity contribution in [1.82, 2.24) is 10.2 Å². The molecule has 0 radical (unpaired) electrons. The third-order valence-electron chi connectivity index (χ3n) is 3.62. The van der Waals surface area contributed by atoms with Gasteiger partial charge in [0.05, 0.1) is 5.56 Å². The van der Waals surface area contributed by atoms with Crippen LogP contribution in [0.5, 0.6) is 28.9 Å². The zero-order valence-corrected chi connectivity index (χ0v) is 13.2. The fourth-order valence-electron chi connectivity index (χ4n) is 2.35. The van der Waals surface area contributed by atoms with Crippen LogP contribution in [-0.2, 0) is 12.8 Å². The Morgan fingerprint density at radius 1 is 0.846 bits per heavy atom. The summed E-state index contributed by atoms with van der Waals surface area (Å²) in [6.07, 6.45) is -4.38. The second kappa shape index (κ2) is 6.21. The Kier molecular flexibility index (Phi) is 3.87. The van der Waals surface area contributed by atoms with Crippen LogP contribution in [0.15, 0.2) is 54.6 Å². The van der Waals surface area contributed by atoms with Crippen molar-refractivity contribution in [3.8, 4) is 28.9 Å². The van der Waals surface area contributed by atoms with E-state index in [0.717, 1.165) is 12.1 Å². The lowest BCUT2D eigenvalue weighted by atomic mass is 10.2. The van der Waals surface area contributed by atoms with Crippen molar-refractivity contribution in [2.24, 2.45) is 0 Å². The number of benzene rings is 2. The Morgan fingerprint density at radius 3 is 2.23 bits per heavy atom. The Hall–Kier alpha value is -3.29. The highest BCUT2D eigenvalue weighted by Gasteiger charge is 2.30. The fraction of sp³-hybridized carbons (Fsp3) is 0.111. The predicted molar refractivity (Wildman–Crippen MR) is 84.4 cm³/mol. The first-order chi connectivity index (χ1) is 12.5. The van der Waals surface area contributed by atoms with Crippen LogP contribution in [0.4, 0.5) is 13.2 Å². The number of hydrogen-bond acceptors (Lipinski definition) is 5. The van der Waals surface area contributed by atoms with Gasteiger partial charge in [0.2, 0.25) is 0 Å². The molecule has 2 aromatic carbocycles. The van der Waals surface area contributed by atoms with E-state index in [-0.39, 0.29) is 12.5 Å². The predicted octanol–water partition coefficient (Wildman–Crippen LogP) is 4.97. The normalized spacial score (nSPS) is 12.4. The molecule has 0 amide bonds. The van der Waals surface area contributed by atoms with E-state index in [1.807, 2.05) is 12.1 Å². The number of ether oxygens (including phenoxy) is 3. The number of nitrogens with zero attached hydrogens (tertiary/aromatic N) is 2. The molecule has 3 aromatic rings. The second-order valence-electron chi connectivity index (χ2n) is 5.47. The standard InChI is InChI=1S/C18H11F3N2O3/c19-18(20,21)11-5-7-13(8-6-11)24-10-12-9-16-17(23-22-12)26-15-4-2-1-3-14(15)25-16/h1-9H,10H2. The molecular weight excluding hydrogens is 349 g/mol. The minimum absolute atomic E-state index is 0.0245. The Balaban J connectivity index is 1.45. The first-order valence-electron chi connectivity index (χ1n) is 7.60. The highest BCUT2D eigenvalue weighted by atomic mass is 19.4. The Morgan fingerprint density at radius 2 is 1.54 bits per heavy atom. The van der Waals surface area contributed by atoms with Crippen molar-refractivity contribution in [2.75, 3.05) is 0 Å². The molecule has 0 spiro atoms. The van der Waals surface area contributed by atoms with Gasteiger partial charge in [0.25, 0.3) is 5.88 Å². The van der Waals surface area contributed by atoms with E-state index in [4.69, 9.17) is 14.2 Å². The van der Waals surface area contributed by atoms with Crippen molar-refractivity contribution < 1.29 is 27.4 Å². The summed E-state index contributed by atoms with van der Waals surface area (Å²) >= 11 is 0. The smallest absolute Gasteiger partial charge is 0.416 e. The van der Waals surface area contributed by atoms with E-state index in [0.29, 0.717) is 28.7 Å². The van der Waals surface area contributed by atoms with Crippen molar-refractivity contribution in [1.29, 1.82) is 0 Å². The maximum Gasteiger partial charge on any atom is 0.416 e. The van der Waals surface area contributed by atoms with Gasteiger partial charge in [-0.1, -0.05) is 12.1 Å². The number of hydrogen-bond donors (Lipinski definition) is 0. The molecule has 0 unspecified atom stereocenters. The molecule has 1 aliphatic rings. The summed E-state index contributed by atoms with van der Waals surface area (Å²) in [6, 6.07) is 13.2. The van der Waals surface area contributed by atoms with Gasteiger partial charge in [-0.25, -0.2) is 0 Å². The van der Waals surface area contributed by atoms with Gasteiger partial charge in [-0.15, -0.1) is 10.2 Å². The van der Waals surface area contributed by atoms with E-state index in [1.165, 1.54) is 12.1 Å². The lowest BCUT2D eigenvalue weighted by molar-refractivity contribution is -0.137. The van der Waals surface area contributed by atoms with Gasteiger partial charge in [-0.05, 0) is 36.4 Å².